The Kier molecular flexibility index (Phi) is 4.31. The summed E-state index contributed by atoms with van der Waals surface area (Å²) in [5.74, 6) is 2.23. The van der Waals surface area contributed by atoms with E-state index in [-0.39, 0.29) is 18.3 Å². The first-order chi connectivity index (χ1) is 8.04. The highest BCUT2D eigenvalue weighted by Gasteiger charge is 2.50. The summed E-state index contributed by atoms with van der Waals surface area (Å²) in [6, 6.07) is 0. The zero-order chi connectivity index (χ0) is 14.2. The van der Waals surface area contributed by atoms with Gasteiger partial charge in [-0.25, -0.2) is 0 Å². The van der Waals surface area contributed by atoms with Crippen molar-refractivity contribution in [3.63, 3.8) is 0 Å². The topological polar surface area (TPSA) is 58.9 Å². The van der Waals surface area contributed by atoms with Crippen LogP contribution in [-0.4, -0.2) is 49.6 Å². The molecule has 0 radical (unpaired) electrons. The van der Waals surface area contributed by atoms with E-state index in [1.165, 1.54) is 0 Å². The SMILES string of the molecule is C#C[C@]1(O)[C@@H](O)CO[C@@H]1CO[Si](C)(C)C(C)(C)C. The average molecular weight is 272 g/mol. The minimum atomic E-state index is -1.91. The molecule has 0 amide bonds. The van der Waals surface area contributed by atoms with Crippen LogP contribution < -0.4 is 0 Å². The monoisotopic (exact) mass is 272 g/mol. The molecule has 1 fully saturated rings. The van der Waals surface area contributed by atoms with Gasteiger partial charge in [-0.1, -0.05) is 26.7 Å². The van der Waals surface area contributed by atoms with E-state index in [1.807, 2.05) is 0 Å². The number of aliphatic hydroxyl groups is 2. The summed E-state index contributed by atoms with van der Waals surface area (Å²) < 4.78 is 11.3. The van der Waals surface area contributed by atoms with Gasteiger partial charge in [-0.15, -0.1) is 6.42 Å². The summed E-state index contributed by atoms with van der Waals surface area (Å²) in [6.07, 6.45) is 3.58. The van der Waals surface area contributed by atoms with E-state index >= 15 is 0 Å². The quantitative estimate of drug-likeness (QED) is 0.597. The number of aliphatic hydroxyl groups excluding tert-OH is 1. The average Bonchev–Trinajstić information content (AvgIpc) is 2.52. The number of ether oxygens (including phenoxy) is 1. The maximum atomic E-state index is 10.2. The van der Waals surface area contributed by atoms with Crippen LogP contribution in [0.4, 0.5) is 0 Å². The third-order valence-electron chi connectivity index (χ3n) is 4.09. The Bertz CT molecular complexity index is 342. The zero-order valence-corrected chi connectivity index (χ0v) is 12.9. The number of hydrogen-bond donors (Lipinski definition) is 2. The van der Waals surface area contributed by atoms with E-state index in [2.05, 4.69) is 39.8 Å². The normalized spacial score (nSPS) is 33.4. The van der Waals surface area contributed by atoms with Gasteiger partial charge in [0.2, 0.25) is 0 Å². The van der Waals surface area contributed by atoms with Crippen LogP contribution in [0, 0.1) is 12.3 Å². The lowest BCUT2D eigenvalue weighted by atomic mass is 9.95. The van der Waals surface area contributed by atoms with E-state index in [1.54, 1.807) is 0 Å². The van der Waals surface area contributed by atoms with E-state index in [9.17, 15) is 10.2 Å². The van der Waals surface area contributed by atoms with Gasteiger partial charge in [-0.05, 0) is 18.1 Å². The van der Waals surface area contributed by atoms with Crippen molar-refractivity contribution >= 4 is 8.32 Å². The second-order valence-corrected chi connectivity index (χ2v) is 11.2. The summed E-state index contributed by atoms with van der Waals surface area (Å²) in [5, 5.41) is 19.9. The van der Waals surface area contributed by atoms with Crippen molar-refractivity contribution < 1.29 is 19.4 Å². The van der Waals surface area contributed by atoms with E-state index in [0.717, 1.165) is 0 Å². The van der Waals surface area contributed by atoms with Crippen molar-refractivity contribution in [1.29, 1.82) is 0 Å². The molecule has 3 atom stereocenters. The van der Waals surface area contributed by atoms with Crippen molar-refractivity contribution in [2.24, 2.45) is 0 Å². The van der Waals surface area contributed by atoms with Crippen molar-refractivity contribution in [3.05, 3.63) is 0 Å². The maximum Gasteiger partial charge on any atom is 0.192 e. The summed E-state index contributed by atoms with van der Waals surface area (Å²) in [4.78, 5) is 0. The van der Waals surface area contributed by atoms with Crippen LogP contribution in [0.2, 0.25) is 18.1 Å². The minimum Gasteiger partial charge on any atom is -0.414 e. The molecule has 1 rings (SSSR count). The molecule has 104 valence electrons. The van der Waals surface area contributed by atoms with Gasteiger partial charge in [0.25, 0.3) is 0 Å². The molecular formula is C13H24O4Si. The second-order valence-electron chi connectivity index (χ2n) is 6.38. The third kappa shape index (κ3) is 2.78. The first-order valence-electron chi connectivity index (χ1n) is 6.18. The molecule has 18 heavy (non-hydrogen) atoms. The maximum absolute atomic E-state index is 10.2. The lowest BCUT2D eigenvalue weighted by molar-refractivity contribution is -0.0493. The molecule has 2 N–H and O–H groups in total. The molecule has 5 heteroatoms. The number of hydrogen-bond acceptors (Lipinski definition) is 4. The highest BCUT2D eigenvalue weighted by atomic mass is 28.4. The number of terminal acetylenes is 1. The molecule has 1 aliphatic heterocycles. The molecule has 1 heterocycles. The van der Waals surface area contributed by atoms with Crippen LogP contribution in [0.25, 0.3) is 0 Å². The lowest BCUT2D eigenvalue weighted by Crippen LogP contribution is -2.50. The summed E-state index contributed by atoms with van der Waals surface area (Å²) in [7, 11) is -1.91. The fourth-order valence-electron chi connectivity index (χ4n) is 1.54. The van der Waals surface area contributed by atoms with Crippen molar-refractivity contribution in [2.75, 3.05) is 13.2 Å². The van der Waals surface area contributed by atoms with Gasteiger partial charge < -0.3 is 19.4 Å². The fraction of sp³-hybridized carbons (Fsp3) is 0.846. The van der Waals surface area contributed by atoms with Gasteiger partial charge in [-0.2, -0.15) is 0 Å². The molecule has 0 unspecified atom stereocenters. The summed E-state index contributed by atoms with van der Waals surface area (Å²) in [5.41, 5.74) is -1.64. The Morgan fingerprint density at radius 3 is 2.50 bits per heavy atom. The predicted molar refractivity (Wildman–Crippen MR) is 72.7 cm³/mol. The van der Waals surface area contributed by atoms with Crippen LogP contribution in [-0.2, 0) is 9.16 Å². The molecule has 1 saturated heterocycles. The van der Waals surface area contributed by atoms with Crippen LogP contribution in [0.3, 0.4) is 0 Å². The van der Waals surface area contributed by atoms with Crippen LogP contribution in [0.5, 0.6) is 0 Å². The molecule has 0 saturated carbocycles. The van der Waals surface area contributed by atoms with E-state index in [0.29, 0.717) is 0 Å². The van der Waals surface area contributed by atoms with Gasteiger partial charge in [0.05, 0.1) is 13.2 Å². The first kappa shape index (κ1) is 15.7. The highest BCUT2D eigenvalue weighted by Crippen LogP contribution is 2.37. The Morgan fingerprint density at radius 1 is 1.50 bits per heavy atom. The molecule has 0 aromatic heterocycles. The number of rotatable bonds is 3. The molecule has 0 bridgehead atoms. The van der Waals surface area contributed by atoms with Crippen LogP contribution in [0.1, 0.15) is 20.8 Å². The van der Waals surface area contributed by atoms with Crippen molar-refractivity contribution in [2.45, 2.75) is 56.7 Å². The molecular weight excluding hydrogens is 248 g/mol. The van der Waals surface area contributed by atoms with Crippen molar-refractivity contribution in [3.8, 4) is 12.3 Å². The molecule has 0 aromatic carbocycles. The predicted octanol–water partition coefficient (Wildman–Crippen LogP) is 1.13. The van der Waals surface area contributed by atoms with Gasteiger partial charge in [-0.3, -0.25) is 0 Å². The minimum absolute atomic E-state index is 0.0478. The standard InChI is InChI=1S/C13H24O4Si/c1-7-13(15)10(14)8-16-11(13)9-17-18(5,6)12(2,3)4/h1,10-11,14-15H,8-9H2,2-6H3/t10-,11+,13-/m0/s1. The molecule has 4 nitrogen and oxygen atoms in total. The Morgan fingerprint density at radius 2 is 2.06 bits per heavy atom. The highest BCUT2D eigenvalue weighted by molar-refractivity contribution is 6.74. The molecule has 0 spiro atoms. The van der Waals surface area contributed by atoms with E-state index in [4.69, 9.17) is 15.6 Å². The van der Waals surface area contributed by atoms with Crippen molar-refractivity contribution in [1.82, 2.24) is 0 Å². The largest absolute Gasteiger partial charge is 0.414 e. The van der Waals surface area contributed by atoms with E-state index < -0.39 is 26.1 Å². The molecule has 1 aliphatic rings. The zero-order valence-electron chi connectivity index (χ0n) is 11.9. The van der Waals surface area contributed by atoms with Crippen LogP contribution in [0.15, 0.2) is 0 Å². The summed E-state index contributed by atoms with van der Waals surface area (Å²) in [6.45, 7) is 10.9. The summed E-state index contributed by atoms with van der Waals surface area (Å²) >= 11 is 0. The first-order valence-corrected chi connectivity index (χ1v) is 9.09. The second kappa shape index (κ2) is 4.95. The fourth-order valence-corrected chi connectivity index (χ4v) is 2.54. The molecule has 0 aliphatic carbocycles. The Labute approximate surface area is 110 Å². The van der Waals surface area contributed by atoms with Gasteiger partial charge >= 0.3 is 0 Å². The Hall–Kier alpha value is -0.383. The lowest BCUT2D eigenvalue weighted by Gasteiger charge is -2.37. The Balaban J connectivity index is 2.69. The van der Waals surface area contributed by atoms with Gasteiger partial charge in [0.1, 0.15) is 12.2 Å². The smallest absolute Gasteiger partial charge is 0.192 e. The molecule has 0 aromatic rings. The third-order valence-corrected chi connectivity index (χ3v) is 8.59. The van der Waals surface area contributed by atoms with Gasteiger partial charge in [0.15, 0.2) is 13.9 Å². The van der Waals surface area contributed by atoms with Gasteiger partial charge in [0, 0.05) is 0 Å². The van der Waals surface area contributed by atoms with Crippen LogP contribution >= 0.6 is 0 Å².